The zero-order valence-electron chi connectivity index (χ0n) is 16.1. The number of carbonyl (C=O) groups is 1. The number of ether oxygens (including phenoxy) is 2. The Balaban J connectivity index is 3.25. The molecular formula is C18H34N2O3S2. The smallest absolute Gasteiger partial charge is 0.148 e. The number of hydrogen-bond acceptors (Lipinski definition) is 7. The van der Waals surface area contributed by atoms with Gasteiger partial charge in [0.1, 0.15) is 18.3 Å². The Morgan fingerprint density at radius 1 is 1.08 bits per heavy atom. The predicted molar refractivity (Wildman–Crippen MR) is 110 cm³/mol. The lowest BCUT2D eigenvalue weighted by atomic mass is 10.2. The molecule has 0 aromatic rings. The van der Waals surface area contributed by atoms with E-state index in [-0.39, 0.29) is 5.78 Å². The number of nitrogens with one attached hydrogen (secondary N) is 2. The fraction of sp³-hybridized carbons (Fsp3) is 0.833. The molecule has 0 spiro atoms. The summed E-state index contributed by atoms with van der Waals surface area (Å²) >= 11 is 0. The van der Waals surface area contributed by atoms with Gasteiger partial charge in [-0.15, -0.1) is 0 Å². The van der Waals surface area contributed by atoms with E-state index in [4.69, 9.17) is 9.47 Å². The van der Waals surface area contributed by atoms with Crippen molar-refractivity contribution < 1.29 is 14.3 Å². The molecule has 0 amide bonds. The lowest BCUT2D eigenvalue weighted by molar-refractivity contribution is -0.119. The van der Waals surface area contributed by atoms with Crippen LogP contribution in [-0.4, -0.2) is 63.0 Å². The molecule has 0 heterocycles. The molecule has 0 aromatic heterocycles. The molecule has 5 nitrogen and oxygen atoms in total. The Labute approximate surface area is 161 Å². The Hall–Kier alpha value is -0.230. The summed E-state index contributed by atoms with van der Waals surface area (Å²) in [6.45, 7) is 11.9. The van der Waals surface area contributed by atoms with E-state index in [1.807, 2.05) is 13.8 Å². The van der Waals surface area contributed by atoms with Gasteiger partial charge in [-0.2, -0.15) is 0 Å². The summed E-state index contributed by atoms with van der Waals surface area (Å²) in [5, 5.41) is 6.44. The SMILES string of the molecule is CC(C)C#CCOCCNCC(=O)CCOCSSCCNC(C)C. The van der Waals surface area contributed by atoms with Crippen molar-refractivity contribution in [1.82, 2.24) is 10.6 Å². The van der Waals surface area contributed by atoms with Crippen LogP contribution in [0.5, 0.6) is 0 Å². The van der Waals surface area contributed by atoms with Crippen molar-refractivity contribution in [3.8, 4) is 11.8 Å². The number of ketones is 1. The van der Waals surface area contributed by atoms with E-state index in [1.54, 1.807) is 21.6 Å². The third-order valence-corrected chi connectivity index (χ3v) is 4.88. The predicted octanol–water partition coefficient (Wildman–Crippen LogP) is 2.56. The van der Waals surface area contributed by atoms with Gasteiger partial charge in [-0.05, 0) is 0 Å². The third-order valence-electron chi connectivity index (χ3n) is 2.79. The van der Waals surface area contributed by atoms with Gasteiger partial charge in [0.2, 0.25) is 0 Å². The maximum Gasteiger partial charge on any atom is 0.148 e. The quantitative estimate of drug-likeness (QED) is 0.182. The van der Waals surface area contributed by atoms with Crippen LogP contribution in [0.4, 0.5) is 0 Å². The molecule has 146 valence electrons. The van der Waals surface area contributed by atoms with Crippen molar-refractivity contribution in [3.05, 3.63) is 0 Å². The molecule has 0 radical (unpaired) electrons. The standard InChI is InChI=1S/C18H34N2O3S2/c1-16(2)6-5-10-22-12-8-19-14-18(21)7-11-23-15-25-24-13-9-20-17(3)4/h16-17,19-20H,7-15H2,1-4H3. The van der Waals surface area contributed by atoms with Crippen LogP contribution in [0.15, 0.2) is 0 Å². The Bertz CT molecular complexity index is 382. The maximum atomic E-state index is 11.7. The first-order valence-corrected chi connectivity index (χ1v) is 11.3. The Morgan fingerprint density at radius 2 is 1.88 bits per heavy atom. The van der Waals surface area contributed by atoms with Crippen LogP contribution < -0.4 is 10.6 Å². The van der Waals surface area contributed by atoms with E-state index in [0.717, 1.165) is 12.3 Å². The van der Waals surface area contributed by atoms with Gasteiger partial charge in [-0.25, -0.2) is 0 Å². The molecule has 0 atom stereocenters. The lowest BCUT2D eigenvalue weighted by Crippen LogP contribution is -2.27. The van der Waals surface area contributed by atoms with Crippen molar-refractivity contribution in [3.63, 3.8) is 0 Å². The summed E-state index contributed by atoms with van der Waals surface area (Å²) in [6.07, 6.45) is 0.452. The van der Waals surface area contributed by atoms with Crippen LogP contribution in [0, 0.1) is 17.8 Å². The molecule has 0 saturated carbocycles. The summed E-state index contributed by atoms with van der Waals surface area (Å²) in [5.41, 5.74) is 0. The minimum absolute atomic E-state index is 0.165. The topological polar surface area (TPSA) is 59.6 Å². The molecule has 0 aliphatic carbocycles. The minimum Gasteiger partial charge on any atom is -0.370 e. The molecule has 0 bridgehead atoms. The van der Waals surface area contributed by atoms with E-state index < -0.39 is 0 Å². The number of Topliss-reactive ketones (excluding diaryl/α,β-unsaturated/α-hetero) is 1. The highest BCUT2D eigenvalue weighted by atomic mass is 33.1. The van der Waals surface area contributed by atoms with Gasteiger partial charge >= 0.3 is 0 Å². The van der Waals surface area contributed by atoms with Gasteiger partial charge in [-0.1, -0.05) is 61.1 Å². The van der Waals surface area contributed by atoms with E-state index in [0.29, 0.717) is 57.2 Å². The van der Waals surface area contributed by atoms with E-state index in [1.165, 1.54) is 0 Å². The van der Waals surface area contributed by atoms with Gasteiger partial charge in [0.15, 0.2) is 0 Å². The van der Waals surface area contributed by atoms with Crippen molar-refractivity contribution in [2.24, 2.45) is 5.92 Å². The fourth-order valence-electron chi connectivity index (χ4n) is 1.59. The van der Waals surface area contributed by atoms with Crippen LogP contribution in [0.1, 0.15) is 34.1 Å². The van der Waals surface area contributed by atoms with Crippen LogP contribution in [0.2, 0.25) is 0 Å². The highest BCUT2D eigenvalue weighted by Gasteiger charge is 2.01. The average Bonchev–Trinajstić information content (AvgIpc) is 2.55. The van der Waals surface area contributed by atoms with E-state index in [2.05, 4.69) is 36.3 Å². The van der Waals surface area contributed by atoms with Gasteiger partial charge in [-0.3, -0.25) is 4.79 Å². The van der Waals surface area contributed by atoms with E-state index in [9.17, 15) is 4.79 Å². The van der Waals surface area contributed by atoms with Crippen LogP contribution >= 0.6 is 21.6 Å². The van der Waals surface area contributed by atoms with Gasteiger partial charge in [0, 0.05) is 37.2 Å². The third kappa shape index (κ3) is 21.7. The molecule has 25 heavy (non-hydrogen) atoms. The van der Waals surface area contributed by atoms with Gasteiger partial charge in [0.05, 0.1) is 19.8 Å². The zero-order chi connectivity index (χ0) is 18.8. The van der Waals surface area contributed by atoms with Crippen molar-refractivity contribution in [2.75, 3.05) is 51.1 Å². The van der Waals surface area contributed by atoms with Crippen LogP contribution in [0.25, 0.3) is 0 Å². The molecule has 0 saturated heterocycles. The average molecular weight is 391 g/mol. The van der Waals surface area contributed by atoms with Crippen LogP contribution in [0.3, 0.4) is 0 Å². The molecule has 0 aliphatic rings. The fourth-order valence-corrected chi connectivity index (χ4v) is 3.18. The summed E-state index contributed by atoms with van der Waals surface area (Å²) in [7, 11) is 3.48. The zero-order valence-corrected chi connectivity index (χ0v) is 17.7. The minimum atomic E-state index is 0.165. The largest absolute Gasteiger partial charge is 0.370 e. The van der Waals surface area contributed by atoms with Crippen LogP contribution in [-0.2, 0) is 14.3 Å². The number of carbonyl (C=O) groups excluding carboxylic acids is 1. The van der Waals surface area contributed by atoms with Crippen molar-refractivity contribution in [2.45, 2.75) is 40.2 Å². The van der Waals surface area contributed by atoms with Gasteiger partial charge < -0.3 is 20.1 Å². The second-order valence-corrected chi connectivity index (χ2v) is 8.60. The first kappa shape index (κ1) is 24.8. The second-order valence-electron chi connectivity index (χ2n) is 6.07. The Kier molecular flexibility index (Phi) is 18.4. The summed E-state index contributed by atoms with van der Waals surface area (Å²) in [5.74, 6) is 8.21. The normalized spacial score (nSPS) is 11.0. The molecule has 2 N–H and O–H groups in total. The van der Waals surface area contributed by atoms with Gasteiger partial charge in [0.25, 0.3) is 0 Å². The van der Waals surface area contributed by atoms with Crippen molar-refractivity contribution in [1.29, 1.82) is 0 Å². The highest BCUT2D eigenvalue weighted by Crippen LogP contribution is 2.20. The molecule has 0 unspecified atom stereocenters. The number of hydrogen-bond donors (Lipinski definition) is 2. The number of rotatable bonds is 16. The second kappa shape index (κ2) is 18.6. The van der Waals surface area contributed by atoms with E-state index >= 15 is 0 Å². The monoisotopic (exact) mass is 390 g/mol. The molecule has 0 fully saturated rings. The van der Waals surface area contributed by atoms with Crippen molar-refractivity contribution >= 4 is 27.4 Å². The molecule has 0 rings (SSSR count). The maximum absolute atomic E-state index is 11.7. The molecule has 0 aliphatic heterocycles. The summed E-state index contributed by atoms with van der Waals surface area (Å²) < 4.78 is 10.8. The first-order valence-electron chi connectivity index (χ1n) is 8.86. The highest BCUT2D eigenvalue weighted by molar-refractivity contribution is 8.76. The summed E-state index contributed by atoms with van der Waals surface area (Å²) in [4.78, 5) is 11.7. The molecule has 0 aromatic carbocycles. The molecule has 7 heteroatoms. The first-order chi connectivity index (χ1) is 12.0. The molecular weight excluding hydrogens is 356 g/mol. The Morgan fingerprint density at radius 3 is 2.60 bits per heavy atom. The summed E-state index contributed by atoms with van der Waals surface area (Å²) in [6, 6.07) is 0.534. The lowest BCUT2D eigenvalue weighted by Gasteiger charge is -2.07.